The number of unbranched alkanes of at least 4 members (excludes halogenated alkanes) is 2. The summed E-state index contributed by atoms with van der Waals surface area (Å²) in [4.78, 5) is 0. The lowest BCUT2D eigenvalue weighted by Gasteiger charge is -2.03. The van der Waals surface area contributed by atoms with Crippen molar-refractivity contribution in [1.29, 1.82) is 0 Å². The summed E-state index contributed by atoms with van der Waals surface area (Å²) >= 11 is 0. The standard InChI is InChI=1S/C10H20/c1-4-6-7-9-10(3)8-5-2/h5,8,10H,4,6-7,9H2,1-3H3. The van der Waals surface area contributed by atoms with Gasteiger partial charge in [-0.15, -0.1) is 0 Å². The second-order valence-electron chi connectivity index (χ2n) is 3.00. The fraction of sp³-hybridized carbons (Fsp3) is 0.800. The van der Waals surface area contributed by atoms with Crippen molar-refractivity contribution in [1.82, 2.24) is 0 Å². The maximum absolute atomic E-state index is 2.29. The van der Waals surface area contributed by atoms with E-state index in [9.17, 15) is 0 Å². The Bertz CT molecular complexity index is 82.0. The smallest absolute Gasteiger partial charge is 0.0262 e. The summed E-state index contributed by atoms with van der Waals surface area (Å²) in [6.07, 6.45) is 9.91. The van der Waals surface area contributed by atoms with Crippen LogP contribution in [0.15, 0.2) is 12.2 Å². The van der Waals surface area contributed by atoms with E-state index >= 15 is 0 Å². The zero-order valence-corrected chi connectivity index (χ0v) is 7.56. The summed E-state index contributed by atoms with van der Waals surface area (Å²) in [5.41, 5.74) is 0. The van der Waals surface area contributed by atoms with Crippen molar-refractivity contribution in [2.24, 2.45) is 5.92 Å². The van der Waals surface area contributed by atoms with Gasteiger partial charge >= 0.3 is 0 Å². The molecule has 1 unspecified atom stereocenters. The monoisotopic (exact) mass is 140 g/mol. The predicted molar refractivity (Wildman–Crippen MR) is 48.1 cm³/mol. The Hall–Kier alpha value is -0.260. The molecule has 0 aliphatic carbocycles. The lowest BCUT2D eigenvalue weighted by Crippen LogP contribution is -1.88. The first kappa shape index (κ1) is 9.74. The molecule has 0 nitrogen and oxygen atoms in total. The fourth-order valence-electron chi connectivity index (χ4n) is 1.14. The van der Waals surface area contributed by atoms with Gasteiger partial charge in [-0.2, -0.15) is 0 Å². The molecule has 0 fully saturated rings. The van der Waals surface area contributed by atoms with Crippen molar-refractivity contribution in [2.75, 3.05) is 0 Å². The molecule has 0 aromatic rings. The highest BCUT2D eigenvalue weighted by molar-refractivity contribution is 4.82. The average molecular weight is 140 g/mol. The highest BCUT2D eigenvalue weighted by Gasteiger charge is 1.94. The first-order valence-corrected chi connectivity index (χ1v) is 4.44. The Morgan fingerprint density at radius 3 is 2.50 bits per heavy atom. The molecule has 0 radical (unpaired) electrons. The largest absolute Gasteiger partial charge is 0.0914 e. The molecule has 60 valence electrons. The van der Waals surface area contributed by atoms with Crippen molar-refractivity contribution in [3.63, 3.8) is 0 Å². The Balaban J connectivity index is 3.13. The van der Waals surface area contributed by atoms with Gasteiger partial charge in [-0.25, -0.2) is 0 Å². The minimum absolute atomic E-state index is 0.788. The van der Waals surface area contributed by atoms with Crippen molar-refractivity contribution < 1.29 is 0 Å². The zero-order valence-electron chi connectivity index (χ0n) is 7.56. The molecule has 0 saturated heterocycles. The molecule has 0 saturated carbocycles. The van der Waals surface area contributed by atoms with Crippen molar-refractivity contribution in [3.05, 3.63) is 12.2 Å². The van der Waals surface area contributed by atoms with Gasteiger partial charge in [-0.1, -0.05) is 45.3 Å². The van der Waals surface area contributed by atoms with Gasteiger partial charge in [-0.05, 0) is 19.3 Å². The van der Waals surface area contributed by atoms with Crippen LogP contribution in [0.25, 0.3) is 0 Å². The second kappa shape index (κ2) is 6.85. The van der Waals surface area contributed by atoms with Crippen LogP contribution in [0, 0.1) is 5.92 Å². The molecule has 0 bridgehead atoms. The molecular formula is C10H20. The molecule has 0 N–H and O–H groups in total. The number of hydrogen-bond donors (Lipinski definition) is 0. The topological polar surface area (TPSA) is 0 Å². The Morgan fingerprint density at radius 2 is 2.00 bits per heavy atom. The lowest BCUT2D eigenvalue weighted by molar-refractivity contribution is 0.575. The van der Waals surface area contributed by atoms with Crippen molar-refractivity contribution >= 4 is 0 Å². The van der Waals surface area contributed by atoms with E-state index in [1.54, 1.807) is 0 Å². The minimum atomic E-state index is 0.788. The molecular weight excluding hydrogens is 120 g/mol. The SMILES string of the molecule is CC=CC(C)CCCCC. The van der Waals surface area contributed by atoms with E-state index in [1.165, 1.54) is 25.7 Å². The number of allylic oxidation sites excluding steroid dienone is 2. The first-order valence-electron chi connectivity index (χ1n) is 4.44. The molecule has 1 atom stereocenters. The fourth-order valence-corrected chi connectivity index (χ4v) is 1.14. The third kappa shape index (κ3) is 5.87. The Kier molecular flexibility index (Phi) is 6.68. The quantitative estimate of drug-likeness (QED) is 0.402. The van der Waals surface area contributed by atoms with Crippen LogP contribution in [0.1, 0.15) is 46.5 Å². The van der Waals surface area contributed by atoms with Gasteiger partial charge in [0, 0.05) is 0 Å². The summed E-state index contributed by atoms with van der Waals surface area (Å²) in [7, 11) is 0. The van der Waals surface area contributed by atoms with Gasteiger partial charge in [0.15, 0.2) is 0 Å². The Labute approximate surface area is 65.3 Å². The third-order valence-corrected chi connectivity index (χ3v) is 1.78. The van der Waals surface area contributed by atoms with Crippen LogP contribution in [0.5, 0.6) is 0 Å². The maximum Gasteiger partial charge on any atom is -0.0262 e. The summed E-state index contributed by atoms with van der Waals surface area (Å²) in [6.45, 7) is 6.63. The predicted octanol–water partition coefficient (Wildman–Crippen LogP) is 3.78. The summed E-state index contributed by atoms with van der Waals surface area (Å²) < 4.78 is 0. The van der Waals surface area contributed by atoms with E-state index in [2.05, 4.69) is 32.9 Å². The van der Waals surface area contributed by atoms with Gasteiger partial charge in [0.2, 0.25) is 0 Å². The van der Waals surface area contributed by atoms with Crippen LogP contribution in [-0.2, 0) is 0 Å². The van der Waals surface area contributed by atoms with Crippen LogP contribution in [0.4, 0.5) is 0 Å². The van der Waals surface area contributed by atoms with E-state index in [-0.39, 0.29) is 0 Å². The average Bonchev–Trinajstić information content (AvgIpc) is 1.89. The zero-order chi connectivity index (χ0) is 7.82. The lowest BCUT2D eigenvalue weighted by atomic mass is 10.0. The van der Waals surface area contributed by atoms with E-state index in [0.717, 1.165) is 5.92 Å². The molecule has 0 heterocycles. The van der Waals surface area contributed by atoms with Crippen LogP contribution >= 0.6 is 0 Å². The van der Waals surface area contributed by atoms with Crippen LogP contribution in [-0.4, -0.2) is 0 Å². The molecule has 0 spiro atoms. The second-order valence-corrected chi connectivity index (χ2v) is 3.00. The number of rotatable bonds is 5. The molecule has 0 aromatic carbocycles. The molecule has 0 aromatic heterocycles. The molecule has 0 rings (SSSR count). The summed E-state index contributed by atoms with van der Waals surface area (Å²) in [6, 6.07) is 0. The van der Waals surface area contributed by atoms with E-state index in [4.69, 9.17) is 0 Å². The van der Waals surface area contributed by atoms with E-state index < -0.39 is 0 Å². The van der Waals surface area contributed by atoms with Crippen LogP contribution in [0.3, 0.4) is 0 Å². The minimum Gasteiger partial charge on any atom is -0.0914 e. The molecule has 0 amide bonds. The molecule has 0 heteroatoms. The highest BCUT2D eigenvalue weighted by atomic mass is 14.0. The van der Waals surface area contributed by atoms with Crippen LogP contribution < -0.4 is 0 Å². The van der Waals surface area contributed by atoms with E-state index in [0.29, 0.717) is 0 Å². The molecule has 0 aliphatic rings. The highest BCUT2D eigenvalue weighted by Crippen LogP contribution is 2.09. The maximum atomic E-state index is 2.29. The normalized spacial score (nSPS) is 14.3. The van der Waals surface area contributed by atoms with Gasteiger partial charge < -0.3 is 0 Å². The van der Waals surface area contributed by atoms with Crippen molar-refractivity contribution in [2.45, 2.75) is 46.5 Å². The molecule has 10 heavy (non-hydrogen) atoms. The van der Waals surface area contributed by atoms with Gasteiger partial charge in [-0.3, -0.25) is 0 Å². The summed E-state index contributed by atoms with van der Waals surface area (Å²) in [5.74, 6) is 0.788. The first-order chi connectivity index (χ1) is 4.81. The molecule has 0 aliphatic heterocycles. The Morgan fingerprint density at radius 1 is 1.30 bits per heavy atom. The van der Waals surface area contributed by atoms with Gasteiger partial charge in [0.1, 0.15) is 0 Å². The van der Waals surface area contributed by atoms with Gasteiger partial charge in [0.25, 0.3) is 0 Å². The summed E-state index contributed by atoms with van der Waals surface area (Å²) in [5, 5.41) is 0. The van der Waals surface area contributed by atoms with Gasteiger partial charge in [0.05, 0.1) is 0 Å². The van der Waals surface area contributed by atoms with E-state index in [1.807, 2.05) is 0 Å². The number of hydrogen-bond acceptors (Lipinski definition) is 0. The van der Waals surface area contributed by atoms with Crippen LogP contribution in [0.2, 0.25) is 0 Å². The third-order valence-electron chi connectivity index (χ3n) is 1.78. The van der Waals surface area contributed by atoms with Crippen molar-refractivity contribution in [3.8, 4) is 0 Å².